The van der Waals surface area contributed by atoms with E-state index < -0.39 is 0 Å². The smallest absolute Gasteiger partial charge is 0.241 e. The van der Waals surface area contributed by atoms with Crippen molar-refractivity contribution < 1.29 is 9.53 Å². The zero-order chi connectivity index (χ0) is 21.9. The summed E-state index contributed by atoms with van der Waals surface area (Å²) in [5.74, 6) is 1.98. The van der Waals surface area contributed by atoms with E-state index in [1.807, 2.05) is 42.4 Å². The number of aromatic nitrogens is 2. The Morgan fingerprint density at radius 3 is 2.59 bits per heavy atom. The first kappa shape index (κ1) is 21.3. The topological polar surface area (TPSA) is 65.0 Å². The number of anilines is 2. The van der Waals surface area contributed by atoms with Gasteiger partial charge in [-0.05, 0) is 44.2 Å². The van der Waals surface area contributed by atoms with Crippen LogP contribution in [0, 0.1) is 0 Å². The minimum absolute atomic E-state index is 0.146. The number of benzene rings is 1. The molecular formula is C24H32N6O2. The van der Waals surface area contributed by atoms with Crippen molar-refractivity contribution in [2.45, 2.75) is 12.8 Å². The van der Waals surface area contributed by atoms with E-state index >= 15 is 0 Å². The van der Waals surface area contributed by atoms with Gasteiger partial charge in [0.25, 0.3) is 0 Å². The molecule has 8 heteroatoms. The van der Waals surface area contributed by atoms with Gasteiger partial charge in [-0.1, -0.05) is 0 Å². The van der Waals surface area contributed by atoms with E-state index in [4.69, 9.17) is 9.72 Å². The molecule has 1 amide bonds. The third-order valence-electron chi connectivity index (χ3n) is 6.65. The number of likely N-dealkylation sites (N-methyl/N-ethyl adjacent to an activating group) is 1. The van der Waals surface area contributed by atoms with Gasteiger partial charge in [-0.2, -0.15) is 0 Å². The lowest BCUT2D eigenvalue weighted by Gasteiger charge is -2.32. The van der Waals surface area contributed by atoms with E-state index in [-0.39, 0.29) is 5.91 Å². The Morgan fingerprint density at radius 1 is 1.00 bits per heavy atom. The maximum atomic E-state index is 12.4. The molecule has 1 aromatic heterocycles. The van der Waals surface area contributed by atoms with Crippen molar-refractivity contribution in [3.63, 3.8) is 0 Å². The fourth-order valence-corrected chi connectivity index (χ4v) is 4.73. The van der Waals surface area contributed by atoms with Crippen LogP contribution in [0.15, 0.2) is 30.5 Å². The summed E-state index contributed by atoms with van der Waals surface area (Å²) in [4.78, 5) is 30.7. The van der Waals surface area contributed by atoms with Crippen LogP contribution >= 0.6 is 0 Å². The fraction of sp³-hybridized carbons (Fsp3) is 0.542. The summed E-state index contributed by atoms with van der Waals surface area (Å²) in [5, 5.41) is 0. The number of morpholine rings is 1. The second-order valence-electron chi connectivity index (χ2n) is 8.92. The number of hydrogen-bond donors (Lipinski definition) is 0. The third kappa shape index (κ3) is 4.62. The number of carbonyl (C=O) groups excluding carboxylic acids is 1. The summed E-state index contributed by atoms with van der Waals surface area (Å²) in [5.41, 5.74) is 3.16. The molecule has 0 saturated carbocycles. The minimum Gasteiger partial charge on any atom is -0.379 e. The molecule has 3 aliphatic rings. The van der Waals surface area contributed by atoms with Crippen molar-refractivity contribution in [3.05, 3.63) is 36.0 Å². The average Bonchev–Trinajstić information content (AvgIpc) is 3.22. The normalized spacial score (nSPS) is 20.1. The van der Waals surface area contributed by atoms with Crippen molar-refractivity contribution in [1.29, 1.82) is 0 Å². The highest BCUT2D eigenvalue weighted by Gasteiger charge is 2.24. The molecule has 0 aliphatic carbocycles. The molecule has 0 unspecified atom stereocenters. The zero-order valence-electron chi connectivity index (χ0n) is 18.9. The highest BCUT2D eigenvalue weighted by atomic mass is 16.5. The predicted octanol–water partition coefficient (Wildman–Crippen LogP) is 1.51. The Hall–Kier alpha value is -2.55. The number of piperazine rings is 1. The third-order valence-corrected chi connectivity index (χ3v) is 6.65. The maximum Gasteiger partial charge on any atom is 0.241 e. The van der Waals surface area contributed by atoms with Crippen molar-refractivity contribution in [2.75, 3.05) is 82.4 Å². The van der Waals surface area contributed by atoms with Crippen LogP contribution in [0.2, 0.25) is 0 Å². The van der Waals surface area contributed by atoms with E-state index in [0.29, 0.717) is 6.54 Å². The Balaban J connectivity index is 1.24. The molecule has 8 nitrogen and oxygen atoms in total. The first-order valence-electron chi connectivity index (χ1n) is 11.7. The van der Waals surface area contributed by atoms with Gasteiger partial charge >= 0.3 is 0 Å². The Morgan fingerprint density at radius 2 is 1.81 bits per heavy atom. The van der Waals surface area contributed by atoms with Crippen LogP contribution in [-0.2, 0) is 16.0 Å². The summed E-state index contributed by atoms with van der Waals surface area (Å²) in [7, 11) is 1.98. The van der Waals surface area contributed by atoms with Crippen molar-refractivity contribution in [2.24, 2.45) is 0 Å². The van der Waals surface area contributed by atoms with Crippen LogP contribution in [0.4, 0.5) is 11.5 Å². The fourth-order valence-electron chi connectivity index (χ4n) is 4.73. The SMILES string of the molecule is CN1CCN(c2ccc(-c3ncc4c(n3)N(CCCN3CCOCC3)CC4)cc2)C(=O)C1. The van der Waals surface area contributed by atoms with Gasteiger partial charge in [0.15, 0.2) is 5.82 Å². The second kappa shape index (κ2) is 9.52. The van der Waals surface area contributed by atoms with Crippen LogP contribution < -0.4 is 9.80 Å². The maximum absolute atomic E-state index is 12.4. The minimum atomic E-state index is 0.146. The Bertz CT molecular complexity index is 944. The van der Waals surface area contributed by atoms with Gasteiger partial charge in [0.05, 0.1) is 19.8 Å². The number of hydrogen-bond acceptors (Lipinski definition) is 7. The number of nitrogens with zero attached hydrogens (tertiary/aromatic N) is 6. The first-order chi connectivity index (χ1) is 15.7. The molecule has 0 atom stereocenters. The predicted molar refractivity (Wildman–Crippen MR) is 125 cm³/mol. The number of ether oxygens (including phenoxy) is 1. The molecule has 2 aromatic rings. The number of carbonyl (C=O) groups is 1. The van der Waals surface area contributed by atoms with Gasteiger partial charge in [0.1, 0.15) is 5.82 Å². The van der Waals surface area contributed by atoms with Gasteiger partial charge in [-0.15, -0.1) is 0 Å². The van der Waals surface area contributed by atoms with Gasteiger partial charge in [0.2, 0.25) is 5.91 Å². The lowest BCUT2D eigenvalue weighted by molar-refractivity contribution is -0.120. The molecule has 2 saturated heterocycles. The molecule has 5 rings (SSSR count). The van der Waals surface area contributed by atoms with Crippen LogP contribution in [0.5, 0.6) is 0 Å². The molecule has 1 aromatic carbocycles. The van der Waals surface area contributed by atoms with Crippen LogP contribution in [0.25, 0.3) is 11.4 Å². The summed E-state index contributed by atoms with van der Waals surface area (Å²) in [6, 6.07) is 8.07. The van der Waals surface area contributed by atoms with E-state index in [9.17, 15) is 4.79 Å². The zero-order valence-corrected chi connectivity index (χ0v) is 18.9. The van der Waals surface area contributed by atoms with Gasteiger partial charge in [-0.3, -0.25) is 14.6 Å². The monoisotopic (exact) mass is 436 g/mol. The van der Waals surface area contributed by atoms with Gasteiger partial charge < -0.3 is 14.5 Å². The highest BCUT2D eigenvalue weighted by Crippen LogP contribution is 2.29. The van der Waals surface area contributed by atoms with Gasteiger partial charge in [0, 0.05) is 68.8 Å². The van der Waals surface area contributed by atoms with Gasteiger partial charge in [-0.25, -0.2) is 9.97 Å². The van der Waals surface area contributed by atoms with E-state index in [2.05, 4.69) is 19.7 Å². The highest BCUT2D eigenvalue weighted by molar-refractivity contribution is 5.95. The molecule has 2 fully saturated rings. The number of rotatable bonds is 6. The van der Waals surface area contributed by atoms with E-state index in [1.165, 1.54) is 5.56 Å². The average molecular weight is 437 g/mol. The molecule has 3 aliphatic heterocycles. The van der Waals surface area contributed by atoms with Crippen molar-refractivity contribution in [3.8, 4) is 11.4 Å². The van der Waals surface area contributed by atoms with Crippen molar-refractivity contribution >= 4 is 17.4 Å². The summed E-state index contributed by atoms with van der Waals surface area (Å²) in [6.45, 7) is 9.02. The quantitative estimate of drug-likeness (QED) is 0.680. The molecule has 0 spiro atoms. The molecular weight excluding hydrogens is 404 g/mol. The van der Waals surface area contributed by atoms with Crippen LogP contribution in [0.3, 0.4) is 0 Å². The largest absolute Gasteiger partial charge is 0.379 e. The number of fused-ring (bicyclic) bond motifs is 1. The number of amides is 1. The first-order valence-corrected chi connectivity index (χ1v) is 11.7. The van der Waals surface area contributed by atoms with E-state index in [0.717, 1.165) is 94.8 Å². The molecule has 32 heavy (non-hydrogen) atoms. The molecule has 170 valence electrons. The molecule has 0 radical (unpaired) electrons. The summed E-state index contributed by atoms with van der Waals surface area (Å²) in [6.07, 6.45) is 4.13. The van der Waals surface area contributed by atoms with Crippen LogP contribution in [-0.4, -0.2) is 98.3 Å². The lowest BCUT2D eigenvalue weighted by Crippen LogP contribution is -2.48. The van der Waals surface area contributed by atoms with Crippen molar-refractivity contribution in [1.82, 2.24) is 19.8 Å². The molecule has 4 heterocycles. The summed E-state index contributed by atoms with van der Waals surface area (Å²) < 4.78 is 5.44. The molecule has 0 bridgehead atoms. The van der Waals surface area contributed by atoms with Crippen LogP contribution in [0.1, 0.15) is 12.0 Å². The standard InChI is InChI=1S/C24H32N6O2/c1-27-11-12-30(22(31)18-27)21-5-3-19(4-6-21)23-25-17-20-7-10-29(24(20)26-23)9-2-8-28-13-15-32-16-14-28/h3-6,17H,2,7-16,18H2,1H3. The Labute approximate surface area is 189 Å². The summed E-state index contributed by atoms with van der Waals surface area (Å²) >= 11 is 0. The molecule has 0 N–H and O–H groups in total. The lowest BCUT2D eigenvalue weighted by atomic mass is 10.1. The Kier molecular flexibility index (Phi) is 6.34. The second-order valence-corrected chi connectivity index (χ2v) is 8.92. The van der Waals surface area contributed by atoms with E-state index in [1.54, 1.807) is 0 Å².